The van der Waals surface area contributed by atoms with E-state index in [0.29, 0.717) is 24.7 Å². The lowest BCUT2D eigenvalue weighted by molar-refractivity contribution is 0.0915. The van der Waals surface area contributed by atoms with Crippen LogP contribution in [0.1, 0.15) is 37.7 Å². The number of amides is 1. The molecular weight excluding hydrogens is 256 g/mol. The molecule has 1 rings (SSSR count). The zero-order valence-electron chi connectivity index (χ0n) is 12.7. The molecule has 0 radical (unpaired) electrons. The molecule has 0 saturated heterocycles. The van der Waals surface area contributed by atoms with Crippen LogP contribution >= 0.6 is 0 Å². The first-order chi connectivity index (χ1) is 9.48. The molecule has 1 amide bonds. The Balaban J connectivity index is 2.56. The summed E-state index contributed by atoms with van der Waals surface area (Å²) in [5, 5.41) is 5.93. The molecule has 112 valence electrons. The fourth-order valence-corrected chi connectivity index (χ4v) is 1.62. The summed E-state index contributed by atoms with van der Waals surface area (Å²) >= 11 is 0. The molecule has 0 aliphatic carbocycles. The summed E-state index contributed by atoms with van der Waals surface area (Å²) in [5.41, 5.74) is 0.309. The average molecular weight is 280 g/mol. The van der Waals surface area contributed by atoms with Crippen molar-refractivity contribution in [1.82, 2.24) is 15.3 Å². The number of methoxy groups -OCH3 is 1. The van der Waals surface area contributed by atoms with Crippen LogP contribution in [0.3, 0.4) is 0 Å². The van der Waals surface area contributed by atoms with Crippen molar-refractivity contribution in [1.29, 1.82) is 0 Å². The van der Waals surface area contributed by atoms with Crippen LogP contribution in [0.15, 0.2) is 12.4 Å². The van der Waals surface area contributed by atoms with Gasteiger partial charge in [-0.2, -0.15) is 0 Å². The number of nitrogens with zero attached hydrogens (tertiary/aromatic N) is 2. The number of nitrogens with one attached hydrogen (secondary N) is 2. The van der Waals surface area contributed by atoms with Gasteiger partial charge in [0.05, 0.1) is 12.4 Å². The van der Waals surface area contributed by atoms with E-state index in [9.17, 15) is 4.79 Å². The number of aromatic nitrogens is 2. The molecule has 0 unspecified atom stereocenters. The van der Waals surface area contributed by atoms with Crippen molar-refractivity contribution in [3.8, 4) is 0 Å². The Morgan fingerprint density at radius 2 is 2.15 bits per heavy atom. The lowest BCUT2D eigenvalue weighted by Gasteiger charge is -2.24. The summed E-state index contributed by atoms with van der Waals surface area (Å²) in [5.74, 6) is 0.404. The van der Waals surface area contributed by atoms with Gasteiger partial charge in [-0.3, -0.25) is 9.78 Å². The maximum Gasteiger partial charge on any atom is 0.271 e. The van der Waals surface area contributed by atoms with Gasteiger partial charge in [0, 0.05) is 26.8 Å². The number of carbonyl (C=O) groups is 1. The number of hydrogen-bond acceptors (Lipinski definition) is 5. The molecule has 2 N–H and O–H groups in total. The molecule has 0 atom stereocenters. The van der Waals surface area contributed by atoms with Gasteiger partial charge in [0.2, 0.25) is 0 Å². The molecule has 1 heterocycles. The normalized spacial score (nSPS) is 11.2. The van der Waals surface area contributed by atoms with Crippen LogP contribution in [-0.2, 0) is 4.74 Å². The highest BCUT2D eigenvalue weighted by atomic mass is 16.5. The molecule has 0 saturated carbocycles. The largest absolute Gasteiger partial charge is 0.385 e. The number of ether oxygens (including phenoxy) is 1. The second-order valence-corrected chi connectivity index (χ2v) is 5.41. The van der Waals surface area contributed by atoms with Crippen LogP contribution in [0.2, 0.25) is 0 Å². The molecule has 6 heteroatoms. The Kier molecular flexibility index (Phi) is 6.38. The third-order valence-corrected chi connectivity index (χ3v) is 2.94. The molecule has 0 aliphatic rings. The fraction of sp³-hybridized carbons (Fsp3) is 0.643. The van der Waals surface area contributed by atoms with E-state index in [0.717, 1.165) is 13.0 Å². The van der Waals surface area contributed by atoms with Gasteiger partial charge in [-0.05, 0) is 18.8 Å². The number of carbonyl (C=O) groups excluding carboxylic acids is 1. The third-order valence-electron chi connectivity index (χ3n) is 2.94. The van der Waals surface area contributed by atoms with E-state index in [4.69, 9.17) is 4.74 Å². The summed E-state index contributed by atoms with van der Waals surface area (Å²) in [6.07, 6.45) is 3.95. The zero-order chi connectivity index (χ0) is 15.0. The molecule has 0 fully saturated rings. The Morgan fingerprint density at radius 3 is 2.80 bits per heavy atom. The Labute approximate surface area is 120 Å². The Bertz CT molecular complexity index is 435. The lowest BCUT2D eigenvalue weighted by Crippen LogP contribution is -2.35. The number of rotatable bonds is 8. The molecule has 1 aromatic rings. The van der Waals surface area contributed by atoms with Crippen LogP contribution < -0.4 is 10.6 Å². The van der Waals surface area contributed by atoms with Crippen LogP contribution in [0.5, 0.6) is 0 Å². The lowest BCUT2D eigenvalue weighted by atomic mass is 9.90. The van der Waals surface area contributed by atoms with E-state index in [-0.39, 0.29) is 11.3 Å². The third kappa shape index (κ3) is 5.52. The van der Waals surface area contributed by atoms with Gasteiger partial charge < -0.3 is 15.4 Å². The van der Waals surface area contributed by atoms with E-state index in [1.807, 2.05) is 6.92 Å². The van der Waals surface area contributed by atoms with Crippen LogP contribution in [0.4, 0.5) is 5.82 Å². The van der Waals surface area contributed by atoms with Gasteiger partial charge >= 0.3 is 0 Å². The van der Waals surface area contributed by atoms with Crippen molar-refractivity contribution in [3.05, 3.63) is 18.1 Å². The first-order valence-corrected chi connectivity index (χ1v) is 6.81. The predicted molar refractivity (Wildman–Crippen MR) is 78.8 cm³/mol. The van der Waals surface area contributed by atoms with Gasteiger partial charge in [0.1, 0.15) is 11.5 Å². The molecular formula is C14H24N4O2. The summed E-state index contributed by atoms with van der Waals surface area (Å²) < 4.78 is 5.07. The van der Waals surface area contributed by atoms with Gasteiger partial charge in [-0.15, -0.1) is 0 Å². The van der Waals surface area contributed by atoms with Crippen molar-refractivity contribution in [2.45, 2.75) is 27.2 Å². The van der Waals surface area contributed by atoms with Crippen molar-refractivity contribution in [3.63, 3.8) is 0 Å². The second-order valence-electron chi connectivity index (χ2n) is 5.41. The summed E-state index contributed by atoms with van der Waals surface area (Å²) in [7, 11) is 1.68. The minimum atomic E-state index is -0.206. The topological polar surface area (TPSA) is 76.1 Å². The minimum Gasteiger partial charge on any atom is -0.385 e. The zero-order valence-corrected chi connectivity index (χ0v) is 12.7. The number of hydrogen-bond donors (Lipinski definition) is 2. The quantitative estimate of drug-likeness (QED) is 0.758. The standard InChI is InChI=1S/C14H24N4O2/c1-5-16-12-9-15-8-11(18-12)13(19)17-10-14(2,3)6-7-20-4/h8-9H,5-7,10H2,1-4H3,(H,16,18)(H,17,19). The van der Waals surface area contributed by atoms with Crippen LogP contribution in [0, 0.1) is 5.41 Å². The van der Waals surface area contributed by atoms with Gasteiger partial charge in [-0.1, -0.05) is 13.8 Å². The fourth-order valence-electron chi connectivity index (χ4n) is 1.62. The van der Waals surface area contributed by atoms with Gasteiger partial charge in [0.15, 0.2) is 0 Å². The first-order valence-electron chi connectivity index (χ1n) is 6.81. The summed E-state index contributed by atoms with van der Waals surface area (Å²) in [6.45, 7) is 8.14. The van der Waals surface area contributed by atoms with Crippen LogP contribution in [-0.4, -0.2) is 42.7 Å². The highest BCUT2D eigenvalue weighted by molar-refractivity contribution is 5.92. The second kappa shape index (κ2) is 7.79. The van der Waals surface area contributed by atoms with Crippen molar-refractivity contribution in [2.24, 2.45) is 5.41 Å². The van der Waals surface area contributed by atoms with Crippen molar-refractivity contribution < 1.29 is 9.53 Å². The molecule has 0 bridgehead atoms. The highest BCUT2D eigenvalue weighted by Crippen LogP contribution is 2.18. The monoisotopic (exact) mass is 280 g/mol. The molecule has 20 heavy (non-hydrogen) atoms. The predicted octanol–water partition coefficient (Wildman–Crippen LogP) is 1.70. The van der Waals surface area contributed by atoms with E-state index in [1.165, 1.54) is 6.20 Å². The van der Waals surface area contributed by atoms with E-state index in [1.54, 1.807) is 13.3 Å². The highest BCUT2D eigenvalue weighted by Gasteiger charge is 2.19. The average Bonchev–Trinajstić information content (AvgIpc) is 2.43. The molecule has 0 aliphatic heterocycles. The van der Waals surface area contributed by atoms with Gasteiger partial charge in [-0.25, -0.2) is 4.98 Å². The smallest absolute Gasteiger partial charge is 0.271 e. The summed E-state index contributed by atoms with van der Waals surface area (Å²) in [6, 6.07) is 0. The first kappa shape index (κ1) is 16.4. The van der Waals surface area contributed by atoms with Crippen molar-refractivity contribution >= 4 is 11.7 Å². The Morgan fingerprint density at radius 1 is 1.40 bits per heavy atom. The minimum absolute atomic E-state index is 0.0155. The summed E-state index contributed by atoms with van der Waals surface area (Å²) in [4.78, 5) is 20.3. The van der Waals surface area contributed by atoms with E-state index >= 15 is 0 Å². The van der Waals surface area contributed by atoms with Crippen LogP contribution in [0.25, 0.3) is 0 Å². The van der Waals surface area contributed by atoms with E-state index < -0.39 is 0 Å². The molecule has 0 aromatic carbocycles. The molecule has 0 spiro atoms. The maximum atomic E-state index is 12.0. The number of anilines is 1. The SMILES string of the molecule is CCNc1cncc(C(=O)NCC(C)(C)CCOC)n1. The molecule has 1 aromatic heterocycles. The van der Waals surface area contributed by atoms with E-state index in [2.05, 4.69) is 34.4 Å². The van der Waals surface area contributed by atoms with Gasteiger partial charge in [0.25, 0.3) is 5.91 Å². The molecule has 6 nitrogen and oxygen atoms in total. The maximum absolute atomic E-state index is 12.0. The Hall–Kier alpha value is -1.69. The van der Waals surface area contributed by atoms with Crippen molar-refractivity contribution in [2.75, 3.05) is 32.1 Å².